The van der Waals surface area contributed by atoms with E-state index in [1.165, 1.54) is 0 Å². The number of rotatable bonds is 2. The molecule has 1 aliphatic rings. The van der Waals surface area contributed by atoms with Gasteiger partial charge >= 0.3 is 12.1 Å². The average Bonchev–Trinajstić information content (AvgIpc) is 2.57. The van der Waals surface area contributed by atoms with Crippen LogP contribution in [0.3, 0.4) is 0 Å². The number of halogens is 3. The van der Waals surface area contributed by atoms with Gasteiger partial charge in [0.05, 0.1) is 24.8 Å². The Balaban J connectivity index is 2.17. The van der Waals surface area contributed by atoms with Crippen LogP contribution in [0.1, 0.15) is 27.3 Å². The summed E-state index contributed by atoms with van der Waals surface area (Å²) < 4.78 is 45.4. The third-order valence-electron chi connectivity index (χ3n) is 2.41. The molecule has 94 valence electrons. The van der Waals surface area contributed by atoms with Crippen LogP contribution < -0.4 is 0 Å². The highest BCUT2D eigenvalue weighted by Crippen LogP contribution is 2.31. The summed E-state index contributed by atoms with van der Waals surface area (Å²) in [5.74, 6) is -1.16. The van der Waals surface area contributed by atoms with Gasteiger partial charge in [0.15, 0.2) is 0 Å². The molecule has 0 saturated heterocycles. The van der Waals surface area contributed by atoms with Crippen molar-refractivity contribution in [1.29, 1.82) is 0 Å². The number of carboxylic acid groups (broad SMARTS) is 1. The van der Waals surface area contributed by atoms with Crippen LogP contribution in [-0.2, 0) is 17.8 Å². The number of carbonyl (C=O) groups is 1. The molecule has 2 heterocycles. The fourth-order valence-corrected chi connectivity index (χ4v) is 2.46. The SMILES string of the molecule is O=C(O)c1snc2c1CC(CC(F)(F)F)OC2. The second kappa shape index (κ2) is 4.26. The zero-order valence-electron chi connectivity index (χ0n) is 8.45. The molecule has 1 aromatic heterocycles. The van der Waals surface area contributed by atoms with Gasteiger partial charge in [0, 0.05) is 12.0 Å². The first kappa shape index (κ1) is 12.3. The molecule has 0 aliphatic carbocycles. The Kier molecular flexibility index (Phi) is 3.09. The molecule has 17 heavy (non-hydrogen) atoms. The van der Waals surface area contributed by atoms with Gasteiger partial charge in [-0.1, -0.05) is 0 Å². The first-order valence-electron chi connectivity index (χ1n) is 4.76. The Morgan fingerprint density at radius 2 is 2.29 bits per heavy atom. The number of nitrogens with zero attached hydrogens (tertiary/aromatic N) is 1. The lowest BCUT2D eigenvalue weighted by atomic mass is 10.0. The van der Waals surface area contributed by atoms with Crippen molar-refractivity contribution < 1.29 is 27.8 Å². The summed E-state index contributed by atoms with van der Waals surface area (Å²) in [5, 5.41) is 8.86. The van der Waals surface area contributed by atoms with Crippen LogP contribution in [0.15, 0.2) is 0 Å². The lowest BCUT2D eigenvalue weighted by Gasteiger charge is -2.23. The Morgan fingerprint density at radius 3 is 2.88 bits per heavy atom. The van der Waals surface area contributed by atoms with E-state index in [0.717, 1.165) is 11.5 Å². The first-order chi connectivity index (χ1) is 7.87. The lowest BCUT2D eigenvalue weighted by Crippen LogP contribution is -2.28. The first-order valence-corrected chi connectivity index (χ1v) is 5.53. The van der Waals surface area contributed by atoms with Crippen LogP contribution in [0.2, 0.25) is 0 Å². The van der Waals surface area contributed by atoms with Crippen molar-refractivity contribution in [2.75, 3.05) is 0 Å². The van der Waals surface area contributed by atoms with E-state index in [1.54, 1.807) is 0 Å². The summed E-state index contributed by atoms with van der Waals surface area (Å²) >= 11 is 0.783. The monoisotopic (exact) mass is 267 g/mol. The molecule has 8 heteroatoms. The zero-order chi connectivity index (χ0) is 12.6. The van der Waals surface area contributed by atoms with Crippen LogP contribution in [0.25, 0.3) is 0 Å². The molecule has 1 atom stereocenters. The molecule has 0 saturated carbocycles. The number of hydrogen-bond donors (Lipinski definition) is 1. The quantitative estimate of drug-likeness (QED) is 0.892. The molecule has 1 aliphatic heterocycles. The van der Waals surface area contributed by atoms with Crippen LogP contribution in [0.5, 0.6) is 0 Å². The van der Waals surface area contributed by atoms with Crippen molar-refractivity contribution in [2.45, 2.75) is 31.7 Å². The zero-order valence-corrected chi connectivity index (χ0v) is 9.27. The number of ether oxygens (including phenoxy) is 1. The molecule has 0 fully saturated rings. The summed E-state index contributed by atoms with van der Waals surface area (Å²) in [7, 11) is 0. The molecule has 2 rings (SSSR count). The minimum atomic E-state index is -4.31. The number of hydrogen-bond acceptors (Lipinski definition) is 4. The molecule has 0 bridgehead atoms. The molecule has 1 unspecified atom stereocenters. The lowest BCUT2D eigenvalue weighted by molar-refractivity contribution is -0.163. The Morgan fingerprint density at radius 1 is 1.59 bits per heavy atom. The van der Waals surface area contributed by atoms with E-state index in [4.69, 9.17) is 9.84 Å². The van der Waals surface area contributed by atoms with Gasteiger partial charge in [-0.3, -0.25) is 0 Å². The summed E-state index contributed by atoms with van der Waals surface area (Å²) in [4.78, 5) is 10.8. The van der Waals surface area contributed by atoms with E-state index in [0.29, 0.717) is 11.3 Å². The molecule has 0 spiro atoms. The highest BCUT2D eigenvalue weighted by Gasteiger charge is 2.36. The second-order valence-corrected chi connectivity index (χ2v) is 4.47. The van der Waals surface area contributed by atoms with Crippen molar-refractivity contribution in [3.05, 3.63) is 16.1 Å². The molecular formula is C9H8F3NO3S. The van der Waals surface area contributed by atoms with E-state index < -0.39 is 24.7 Å². The van der Waals surface area contributed by atoms with E-state index in [2.05, 4.69) is 4.37 Å². The summed E-state index contributed by atoms with van der Waals surface area (Å²) in [5.41, 5.74) is 0.814. The van der Waals surface area contributed by atoms with Crippen molar-refractivity contribution in [3.63, 3.8) is 0 Å². The van der Waals surface area contributed by atoms with Gasteiger partial charge in [-0.05, 0) is 11.5 Å². The maximum Gasteiger partial charge on any atom is 0.391 e. The summed E-state index contributed by atoms with van der Waals surface area (Å²) in [6.07, 6.45) is -6.44. The predicted molar refractivity (Wildman–Crippen MR) is 52.0 cm³/mol. The van der Waals surface area contributed by atoms with Crippen molar-refractivity contribution in [1.82, 2.24) is 4.37 Å². The molecule has 0 radical (unpaired) electrons. The second-order valence-electron chi connectivity index (χ2n) is 3.70. The summed E-state index contributed by atoms with van der Waals surface area (Å²) in [6, 6.07) is 0. The summed E-state index contributed by atoms with van der Waals surface area (Å²) in [6.45, 7) is -0.0557. The van der Waals surface area contributed by atoms with Gasteiger partial charge < -0.3 is 9.84 Å². The normalized spacial score (nSPS) is 20.1. The minimum Gasteiger partial charge on any atom is -0.477 e. The predicted octanol–water partition coefficient (Wildman–Crippen LogP) is 2.24. The highest BCUT2D eigenvalue weighted by atomic mass is 32.1. The molecule has 1 N–H and O–H groups in total. The van der Waals surface area contributed by atoms with Crippen molar-refractivity contribution >= 4 is 17.5 Å². The average molecular weight is 267 g/mol. The Hall–Kier alpha value is -1.15. The topological polar surface area (TPSA) is 59.4 Å². The third-order valence-corrected chi connectivity index (χ3v) is 3.33. The van der Waals surface area contributed by atoms with Crippen molar-refractivity contribution in [3.8, 4) is 0 Å². The molecule has 0 aromatic carbocycles. The van der Waals surface area contributed by atoms with E-state index in [9.17, 15) is 18.0 Å². The Labute approximate surface area is 98.2 Å². The van der Waals surface area contributed by atoms with Gasteiger partial charge in [0.25, 0.3) is 0 Å². The number of fused-ring (bicyclic) bond motifs is 1. The largest absolute Gasteiger partial charge is 0.477 e. The van der Waals surface area contributed by atoms with Gasteiger partial charge in [-0.2, -0.15) is 17.5 Å². The number of aromatic carboxylic acids is 1. The Bertz CT molecular complexity index is 443. The molecular weight excluding hydrogens is 259 g/mol. The van der Waals surface area contributed by atoms with E-state index >= 15 is 0 Å². The molecule has 1 aromatic rings. The standard InChI is InChI=1S/C9H8F3NO3S/c10-9(11,12)2-4-1-5-6(3-16-4)13-17-7(5)8(14)15/h4H,1-3H2,(H,14,15). The molecule has 0 amide bonds. The third kappa shape index (κ3) is 2.75. The van der Waals surface area contributed by atoms with Crippen LogP contribution in [0.4, 0.5) is 13.2 Å². The van der Waals surface area contributed by atoms with Crippen LogP contribution in [0, 0.1) is 0 Å². The van der Waals surface area contributed by atoms with Gasteiger partial charge in [0.1, 0.15) is 4.88 Å². The van der Waals surface area contributed by atoms with Gasteiger partial charge in [-0.25, -0.2) is 4.79 Å². The van der Waals surface area contributed by atoms with E-state index in [-0.39, 0.29) is 17.9 Å². The van der Waals surface area contributed by atoms with Crippen LogP contribution in [-0.4, -0.2) is 27.7 Å². The van der Waals surface area contributed by atoms with Crippen LogP contribution >= 0.6 is 11.5 Å². The number of alkyl halides is 3. The number of aromatic nitrogens is 1. The maximum absolute atomic E-state index is 12.2. The fraction of sp³-hybridized carbons (Fsp3) is 0.556. The van der Waals surface area contributed by atoms with E-state index in [1.807, 2.05) is 0 Å². The van der Waals surface area contributed by atoms with Gasteiger partial charge in [-0.15, -0.1) is 0 Å². The fourth-order valence-electron chi connectivity index (χ4n) is 1.71. The maximum atomic E-state index is 12.2. The number of carboxylic acids is 1. The molecule has 4 nitrogen and oxygen atoms in total. The van der Waals surface area contributed by atoms with Crippen molar-refractivity contribution in [2.24, 2.45) is 0 Å². The minimum absolute atomic E-state index is 0.00970. The smallest absolute Gasteiger partial charge is 0.391 e. The van der Waals surface area contributed by atoms with Gasteiger partial charge in [0.2, 0.25) is 0 Å². The highest BCUT2D eigenvalue weighted by molar-refractivity contribution is 7.08.